The van der Waals surface area contributed by atoms with E-state index in [-0.39, 0.29) is 25.9 Å². The molecule has 0 unspecified atom stereocenters. The Morgan fingerprint density at radius 3 is 2.15 bits per heavy atom. The van der Waals surface area contributed by atoms with Crippen LogP contribution in [0.3, 0.4) is 0 Å². The number of hydrogen-bond donors (Lipinski definition) is 0. The predicted molar refractivity (Wildman–Crippen MR) is 105 cm³/mol. The molecule has 0 aromatic heterocycles. The maximum atomic E-state index is 12.4. The van der Waals surface area contributed by atoms with Gasteiger partial charge in [0.1, 0.15) is 0 Å². The fourth-order valence-corrected chi connectivity index (χ4v) is 3.47. The van der Waals surface area contributed by atoms with Gasteiger partial charge in [0.2, 0.25) is 0 Å². The predicted octanol–water partition coefficient (Wildman–Crippen LogP) is 5.76. The Hall–Kier alpha value is -0.970. The van der Waals surface area contributed by atoms with E-state index in [0.29, 0.717) is 12.5 Å². The van der Waals surface area contributed by atoms with Gasteiger partial charge in [0.05, 0.1) is 32.5 Å². The number of rotatable bonds is 13. The molecule has 1 aromatic carbocycles. The molecular weight excluding hydrogens is 351 g/mol. The molecule has 0 saturated heterocycles. The molecule has 0 N–H and O–H groups in total. The molecule has 0 saturated carbocycles. The van der Waals surface area contributed by atoms with Crippen LogP contribution < -0.4 is 0 Å². The molecule has 0 aliphatic carbocycles. The molecule has 6 heteroatoms. The zero-order valence-electron chi connectivity index (χ0n) is 16.6. The second-order valence-electron chi connectivity index (χ2n) is 6.24. The summed E-state index contributed by atoms with van der Waals surface area (Å²) in [5, 5.41) is 0. The monoisotopic (exact) mass is 384 g/mol. The average molecular weight is 384 g/mol. The summed E-state index contributed by atoms with van der Waals surface area (Å²) < 4.78 is 34.4. The van der Waals surface area contributed by atoms with Crippen molar-refractivity contribution in [3.63, 3.8) is 0 Å². The fourth-order valence-electron chi connectivity index (χ4n) is 2.29. The SMILES string of the molecule is CCOP(=O)(OCC)OC/C(=C/[C@H](OCc1ccccc1)C(C)C)CC. The van der Waals surface area contributed by atoms with Crippen LogP contribution in [-0.2, 0) is 29.5 Å². The minimum atomic E-state index is -3.50. The van der Waals surface area contributed by atoms with E-state index in [4.69, 9.17) is 18.3 Å². The first-order valence-corrected chi connectivity index (χ1v) is 10.8. The van der Waals surface area contributed by atoms with Gasteiger partial charge in [-0.15, -0.1) is 0 Å². The lowest BCUT2D eigenvalue weighted by Crippen LogP contribution is -2.18. The molecule has 5 nitrogen and oxygen atoms in total. The zero-order valence-corrected chi connectivity index (χ0v) is 17.5. The lowest BCUT2D eigenvalue weighted by atomic mass is 10.0. The number of phosphoric acid groups is 1. The Balaban J connectivity index is 2.73. The van der Waals surface area contributed by atoms with Crippen LogP contribution in [0.2, 0.25) is 0 Å². The summed E-state index contributed by atoms with van der Waals surface area (Å²) >= 11 is 0. The number of phosphoric ester groups is 1. The number of hydrogen-bond acceptors (Lipinski definition) is 5. The first-order chi connectivity index (χ1) is 12.4. The quantitative estimate of drug-likeness (QED) is 0.320. The third-order valence-electron chi connectivity index (χ3n) is 3.78. The van der Waals surface area contributed by atoms with Crippen molar-refractivity contribution < 1.29 is 22.9 Å². The van der Waals surface area contributed by atoms with Crippen LogP contribution in [0.4, 0.5) is 0 Å². The Morgan fingerprint density at radius 2 is 1.65 bits per heavy atom. The summed E-state index contributed by atoms with van der Waals surface area (Å²) in [4.78, 5) is 0. The van der Waals surface area contributed by atoms with Crippen LogP contribution in [0.5, 0.6) is 0 Å². The molecule has 1 atom stereocenters. The molecule has 0 heterocycles. The van der Waals surface area contributed by atoms with Gasteiger partial charge in [-0.05, 0) is 37.3 Å². The first kappa shape index (κ1) is 23.1. The lowest BCUT2D eigenvalue weighted by Gasteiger charge is -2.21. The largest absolute Gasteiger partial charge is 0.475 e. The zero-order chi connectivity index (χ0) is 19.4. The highest BCUT2D eigenvalue weighted by Crippen LogP contribution is 2.49. The summed E-state index contributed by atoms with van der Waals surface area (Å²) in [7, 11) is -3.50. The van der Waals surface area contributed by atoms with Gasteiger partial charge in [-0.1, -0.05) is 57.2 Å². The van der Waals surface area contributed by atoms with Crippen molar-refractivity contribution in [2.24, 2.45) is 5.92 Å². The average Bonchev–Trinajstić information content (AvgIpc) is 2.62. The van der Waals surface area contributed by atoms with Gasteiger partial charge in [0.15, 0.2) is 0 Å². The Kier molecular flexibility index (Phi) is 11.0. The van der Waals surface area contributed by atoms with Crippen LogP contribution in [0.1, 0.15) is 46.6 Å². The molecule has 0 amide bonds. The highest BCUT2D eigenvalue weighted by Gasteiger charge is 2.25. The van der Waals surface area contributed by atoms with E-state index in [1.165, 1.54) is 0 Å². The van der Waals surface area contributed by atoms with Crippen molar-refractivity contribution in [3.8, 4) is 0 Å². The van der Waals surface area contributed by atoms with E-state index in [1.54, 1.807) is 13.8 Å². The Bertz CT molecular complexity index is 561. The van der Waals surface area contributed by atoms with Crippen LogP contribution >= 0.6 is 7.82 Å². The van der Waals surface area contributed by atoms with Gasteiger partial charge >= 0.3 is 7.82 Å². The molecule has 148 valence electrons. The molecule has 0 aliphatic rings. The van der Waals surface area contributed by atoms with Gasteiger partial charge in [0, 0.05) is 0 Å². The molecule has 0 aliphatic heterocycles. The Labute approximate surface area is 158 Å². The van der Waals surface area contributed by atoms with Gasteiger partial charge in [-0.3, -0.25) is 13.6 Å². The molecule has 26 heavy (non-hydrogen) atoms. The molecule has 0 radical (unpaired) electrons. The summed E-state index contributed by atoms with van der Waals surface area (Å²) in [6, 6.07) is 10.1. The van der Waals surface area contributed by atoms with Crippen LogP contribution in [-0.4, -0.2) is 25.9 Å². The normalized spacial score (nSPS) is 14.0. The third kappa shape index (κ3) is 8.61. The van der Waals surface area contributed by atoms with Crippen molar-refractivity contribution in [1.82, 2.24) is 0 Å². The second kappa shape index (κ2) is 12.4. The van der Waals surface area contributed by atoms with Crippen molar-refractivity contribution in [2.75, 3.05) is 19.8 Å². The van der Waals surface area contributed by atoms with Crippen LogP contribution in [0, 0.1) is 5.92 Å². The standard InChI is InChI=1S/C20H33O5P/c1-6-18(16-25-26(21,23-7-2)24-8-3)14-20(17(4)5)22-15-19-12-10-9-11-13-19/h9-14,17,20H,6-8,15-16H2,1-5H3/b18-14+/t20-/m0/s1. The summed E-state index contributed by atoms with van der Waals surface area (Å²) in [6.07, 6.45) is 2.79. The van der Waals surface area contributed by atoms with E-state index in [0.717, 1.165) is 17.6 Å². The maximum absolute atomic E-state index is 12.4. The molecule has 0 bridgehead atoms. The molecule has 0 spiro atoms. The van der Waals surface area contributed by atoms with E-state index < -0.39 is 7.82 Å². The molecular formula is C20H33O5P. The van der Waals surface area contributed by atoms with Crippen molar-refractivity contribution in [3.05, 3.63) is 47.5 Å². The molecule has 0 fully saturated rings. The van der Waals surface area contributed by atoms with Crippen molar-refractivity contribution in [2.45, 2.75) is 53.8 Å². The number of ether oxygens (including phenoxy) is 1. The fraction of sp³-hybridized carbons (Fsp3) is 0.600. The summed E-state index contributed by atoms with van der Waals surface area (Å²) in [5.74, 6) is 0.311. The van der Waals surface area contributed by atoms with Crippen LogP contribution in [0.25, 0.3) is 0 Å². The van der Waals surface area contributed by atoms with Crippen LogP contribution in [0.15, 0.2) is 42.0 Å². The highest BCUT2D eigenvalue weighted by molar-refractivity contribution is 7.48. The minimum Gasteiger partial charge on any atom is -0.369 e. The third-order valence-corrected chi connectivity index (χ3v) is 5.37. The molecule has 1 aromatic rings. The summed E-state index contributed by atoms with van der Waals surface area (Å²) in [6.45, 7) is 11.1. The van der Waals surface area contributed by atoms with Gasteiger partial charge in [-0.2, -0.15) is 0 Å². The summed E-state index contributed by atoms with van der Waals surface area (Å²) in [5.41, 5.74) is 2.15. The lowest BCUT2D eigenvalue weighted by molar-refractivity contribution is 0.0417. The smallest absolute Gasteiger partial charge is 0.369 e. The highest BCUT2D eigenvalue weighted by atomic mass is 31.2. The van der Waals surface area contributed by atoms with Gasteiger partial charge in [0.25, 0.3) is 0 Å². The Morgan fingerprint density at radius 1 is 1.04 bits per heavy atom. The van der Waals surface area contributed by atoms with E-state index >= 15 is 0 Å². The van der Waals surface area contributed by atoms with E-state index in [1.807, 2.05) is 37.3 Å². The van der Waals surface area contributed by atoms with Crippen molar-refractivity contribution >= 4 is 7.82 Å². The molecule has 1 rings (SSSR count). The van der Waals surface area contributed by atoms with Crippen molar-refractivity contribution in [1.29, 1.82) is 0 Å². The topological polar surface area (TPSA) is 54.0 Å². The number of benzene rings is 1. The van der Waals surface area contributed by atoms with E-state index in [2.05, 4.69) is 19.9 Å². The minimum absolute atomic E-state index is 0.0488. The second-order valence-corrected chi connectivity index (χ2v) is 7.91. The van der Waals surface area contributed by atoms with Gasteiger partial charge < -0.3 is 4.74 Å². The van der Waals surface area contributed by atoms with E-state index in [9.17, 15) is 4.57 Å². The maximum Gasteiger partial charge on any atom is 0.475 e. The first-order valence-electron chi connectivity index (χ1n) is 9.32. The van der Waals surface area contributed by atoms with Gasteiger partial charge in [-0.25, -0.2) is 4.57 Å².